The van der Waals surface area contributed by atoms with E-state index in [1.54, 1.807) is 6.07 Å². The first-order valence-electron chi connectivity index (χ1n) is 7.86. The van der Waals surface area contributed by atoms with Gasteiger partial charge in [0, 0.05) is 23.6 Å². The summed E-state index contributed by atoms with van der Waals surface area (Å²) < 4.78 is 21.0. The van der Waals surface area contributed by atoms with E-state index >= 15 is 0 Å². The van der Waals surface area contributed by atoms with E-state index in [2.05, 4.69) is 24.0 Å². The third kappa shape index (κ3) is 3.67. The number of ether oxygens (including phenoxy) is 3. The average Bonchev–Trinajstić information content (AvgIpc) is 3.20. The molecule has 1 atom stereocenters. The van der Waals surface area contributed by atoms with Crippen LogP contribution < -0.4 is 0 Å². The molecular formula is C18H23NO5. The summed E-state index contributed by atoms with van der Waals surface area (Å²) in [6.45, 7) is 11.1. The van der Waals surface area contributed by atoms with Gasteiger partial charge in [-0.1, -0.05) is 19.0 Å². The van der Waals surface area contributed by atoms with Gasteiger partial charge in [-0.25, -0.2) is 0 Å². The second-order valence-electron chi connectivity index (χ2n) is 5.74. The molecule has 6 nitrogen and oxygen atoms in total. The molecule has 0 radical (unpaired) electrons. The zero-order chi connectivity index (χ0) is 17.7. The lowest BCUT2D eigenvalue weighted by molar-refractivity contribution is -0.144. The van der Waals surface area contributed by atoms with Crippen LogP contribution in [-0.2, 0) is 19.0 Å². The number of hydrogen-bond acceptors (Lipinski definition) is 6. The van der Waals surface area contributed by atoms with E-state index in [1.807, 2.05) is 13.8 Å². The van der Waals surface area contributed by atoms with Crippen LogP contribution in [-0.4, -0.2) is 37.7 Å². The predicted octanol–water partition coefficient (Wildman–Crippen LogP) is 3.07. The molecule has 0 N–H and O–H groups in total. The van der Waals surface area contributed by atoms with Gasteiger partial charge in [-0.05, 0) is 5.92 Å². The highest BCUT2D eigenvalue weighted by Crippen LogP contribution is 2.35. The number of nitrogens with zero attached hydrogens (tertiary/aromatic N) is 1. The summed E-state index contributed by atoms with van der Waals surface area (Å²) in [6.07, 6.45) is 0.440. The van der Waals surface area contributed by atoms with Gasteiger partial charge >= 0.3 is 5.97 Å². The van der Waals surface area contributed by atoms with Gasteiger partial charge in [0.25, 0.3) is 0 Å². The van der Waals surface area contributed by atoms with Gasteiger partial charge in [-0.2, -0.15) is 0 Å². The third-order valence-corrected chi connectivity index (χ3v) is 3.85. The van der Waals surface area contributed by atoms with E-state index in [0.717, 1.165) is 11.1 Å². The zero-order valence-corrected chi connectivity index (χ0v) is 14.3. The van der Waals surface area contributed by atoms with E-state index in [9.17, 15) is 4.79 Å². The van der Waals surface area contributed by atoms with Gasteiger partial charge in [0.05, 0.1) is 20.3 Å². The summed E-state index contributed by atoms with van der Waals surface area (Å²) in [4.78, 5) is 11.9. The van der Waals surface area contributed by atoms with Gasteiger partial charge in [-0.15, -0.1) is 18.9 Å². The summed E-state index contributed by atoms with van der Waals surface area (Å²) >= 11 is 0. The fourth-order valence-corrected chi connectivity index (χ4v) is 2.64. The highest BCUT2D eigenvalue weighted by Gasteiger charge is 2.31. The molecule has 1 aromatic rings. The van der Waals surface area contributed by atoms with Gasteiger partial charge in [0.2, 0.25) is 0 Å². The topological polar surface area (TPSA) is 70.8 Å². The summed E-state index contributed by atoms with van der Waals surface area (Å²) in [7, 11) is 1.38. The van der Waals surface area contributed by atoms with E-state index < -0.39 is 5.92 Å². The van der Waals surface area contributed by atoms with Crippen molar-refractivity contribution in [3.05, 3.63) is 42.0 Å². The molecule has 2 heterocycles. The molecule has 24 heavy (non-hydrogen) atoms. The molecule has 1 saturated heterocycles. The fraction of sp³-hybridized carbons (Fsp3) is 0.500. The molecular weight excluding hydrogens is 310 g/mol. The average molecular weight is 333 g/mol. The van der Waals surface area contributed by atoms with Gasteiger partial charge < -0.3 is 18.7 Å². The van der Waals surface area contributed by atoms with Crippen molar-refractivity contribution in [2.75, 3.05) is 20.3 Å². The van der Waals surface area contributed by atoms with Crippen molar-refractivity contribution in [2.45, 2.75) is 32.5 Å². The second-order valence-corrected chi connectivity index (χ2v) is 5.74. The van der Waals surface area contributed by atoms with Gasteiger partial charge in [-0.3, -0.25) is 4.79 Å². The van der Waals surface area contributed by atoms with Crippen LogP contribution in [0.4, 0.5) is 0 Å². The molecule has 1 aliphatic heterocycles. The lowest BCUT2D eigenvalue weighted by atomic mass is 9.91. The summed E-state index contributed by atoms with van der Waals surface area (Å²) in [5.74, 6) is -0.177. The molecule has 1 unspecified atom stereocenters. The summed E-state index contributed by atoms with van der Waals surface area (Å²) in [5, 5.41) is 4.04. The van der Waals surface area contributed by atoms with E-state index in [4.69, 9.17) is 18.7 Å². The lowest BCUT2D eigenvalue weighted by Crippen LogP contribution is -2.19. The largest absolute Gasteiger partial charge is 0.468 e. The Hall–Kier alpha value is -2.14. The Kier molecular flexibility index (Phi) is 6.15. The third-order valence-electron chi connectivity index (χ3n) is 3.85. The van der Waals surface area contributed by atoms with Crippen LogP contribution in [0.1, 0.15) is 37.6 Å². The molecule has 1 aliphatic carbocycles. The first-order valence-corrected chi connectivity index (χ1v) is 7.86. The number of rotatable bonds is 5. The quantitative estimate of drug-likeness (QED) is 0.468. The number of carbonyl (C=O) groups excluding carboxylic acids is 1. The minimum Gasteiger partial charge on any atom is -0.468 e. The molecule has 0 amide bonds. The molecule has 0 saturated carbocycles. The standard InChI is InChI=1S/C16H19NO5.C2H4/c1-9(2)14(15(18)19-3)13-8-12(17-22-13)10-6-11(7-10)16-20-4-5-21-16;1-2/h8-9,14,16H,4-6H2,1-3H3;1-2H2. The van der Waals surface area contributed by atoms with Crippen molar-refractivity contribution >= 4 is 11.5 Å². The number of carbonyl (C=O) groups is 1. The SMILES string of the molecule is C=C.COC(=O)C(c1cc(C2=C=C(C3OCCO3)C2)no1)C(C)C. The normalized spacial score (nSPS) is 18.2. The van der Waals surface area contributed by atoms with Gasteiger partial charge in [0.1, 0.15) is 11.6 Å². The Morgan fingerprint density at radius 3 is 2.54 bits per heavy atom. The Morgan fingerprint density at radius 1 is 1.38 bits per heavy atom. The van der Waals surface area contributed by atoms with Crippen molar-refractivity contribution < 1.29 is 23.5 Å². The Morgan fingerprint density at radius 2 is 2.00 bits per heavy atom. The minimum absolute atomic E-state index is 0.0648. The number of methoxy groups -OCH3 is 1. The minimum atomic E-state index is -0.447. The van der Waals surface area contributed by atoms with Crippen LogP contribution in [0.25, 0.3) is 5.57 Å². The zero-order valence-electron chi connectivity index (χ0n) is 14.3. The van der Waals surface area contributed by atoms with E-state index in [0.29, 0.717) is 31.1 Å². The predicted molar refractivity (Wildman–Crippen MR) is 88.1 cm³/mol. The Balaban J connectivity index is 0.00000100. The van der Waals surface area contributed by atoms with Crippen LogP contribution in [0.5, 0.6) is 0 Å². The van der Waals surface area contributed by atoms with Crippen molar-refractivity contribution in [3.8, 4) is 0 Å². The molecule has 3 rings (SSSR count). The second kappa shape index (κ2) is 8.11. The highest BCUT2D eigenvalue weighted by atomic mass is 16.7. The van der Waals surface area contributed by atoms with Crippen molar-refractivity contribution in [2.24, 2.45) is 5.92 Å². The van der Waals surface area contributed by atoms with Crippen molar-refractivity contribution in [3.63, 3.8) is 0 Å². The highest BCUT2D eigenvalue weighted by molar-refractivity contribution is 5.78. The maximum absolute atomic E-state index is 11.9. The van der Waals surface area contributed by atoms with Crippen LogP contribution in [0.15, 0.2) is 35.1 Å². The molecule has 0 aromatic carbocycles. The van der Waals surface area contributed by atoms with E-state index in [-0.39, 0.29) is 18.2 Å². The maximum atomic E-state index is 11.9. The van der Waals surface area contributed by atoms with E-state index in [1.165, 1.54) is 7.11 Å². The van der Waals surface area contributed by atoms with Crippen LogP contribution in [0, 0.1) is 5.92 Å². The first kappa shape index (κ1) is 18.2. The van der Waals surface area contributed by atoms with Crippen molar-refractivity contribution in [1.29, 1.82) is 0 Å². The fourth-order valence-electron chi connectivity index (χ4n) is 2.64. The monoisotopic (exact) mass is 333 g/mol. The van der Waals surface area contributed by atoms with Crippen LogP contribution in [0.3, 0.4) is 0 Å². The molecule has 130 valence electrons. The lowest BCUT2D eigenvalue weighted by Gasteiger charge is -2.18. The maximum Gasteiger partial charge on any atom is 0.316 e. The summed E-state index contributed by atoms with van der Waals surface area (Å²) in [6, 6.07) is 1.79. The Bertz CT molecular complexity index is 648. The van der Waals surface area contributed by atoms with Gasteiger partial charge in [0.15, 0.2) is 12.1 Å². The van der Waals surface area contributed by atoms with Crippen LogP contribution in [0.2, 0.25) is 0 Å². The number of hydrogen-bond donors (Lipinski definition) is 0. The molecule has 6 heteroatoms. The Labute approximate surface area is 141 Å². The van der Waals surface area contributed by atoms with Crippen molar-refractivity contribution in [1.82, 2.24) is 5.16 Å². The molecule has 0 bridgehead atoms. The number of esters is 1. The first-order chi connectivity index (χ1) is 11.6. The smallest absolute Gasteiger partial charge is 0.316 e. The molecule has 2 aliphatic rings. The molecule has 1 fully saturated rings. The molecule has 1 aromatic heterocycles. The van der Waals surface area contributed by atoms with Crippen LogP contribution >= 0.6 is 0 Å². The number of aromatic nitrogens is 1. The summed E-state index contributed by atoms with van der Waals surface area (Å²) in [5.41, 5.74) is 5.84. The molecule has 0 spiro atoms.